The molecule has 34 heavy (non-hydrogen) atoms. The van der Waals surface area contributed by atoms with E-state index in [2.05, 4.69) is 21.3 Å². The number of nitrogens with two attached hydrogens (primary N) is 2. The number of hydrogen-bond donors (Lipinski definition) is 7. The lowest BCUT2D eigenvalue weighted by Crippen LogP contribution is -2.54. The molecule has 0 fully saturated rings. The van der Waals surface area contributed by atoms with Gasteiger partial charge in [0.1, 0.15) is 17.8 Å². The average molecular weight is 479 g/mol. The SMILES string of the molecule is CC(C)C[C@@H](NC(=O)CNC(=O)[C@@H](C)NC(=O)[C@H](N)Cc1ccc(O)cc1)C(=O)NCC(N)=O. The van der Waals surface area contributed by atoms with Crippen LogP contribution in [0.5, 0.6) is 5.75 Å². The average Bonchev–Trinajstić information content (AvgIpc) is 2.76. The third kappa shape index (κ3) is 10.8. The van der Waals surface area contributed by atoms with Gasteiger partial charge in [-0.25, -0.2) is 0 Å². The molecule has 0 spiro atoms. The number of carbonyl (C=O) groups excluding carboxylic acids is 5. The molecule has 0 aliphatic rings. The minimum Gasteiger partial charge on any atom is -0.508 e. The Morgan fingerprint density at radius 1 is 0.882 bits per heavy atom. The van der Waals surface area contributed by atoms with E-state index < -0.39 is 54.2 Å². The summed E-state index contributed by atoms with van der Waals surface area (Å²) in [5, 5.41) is 19.0. The van der Waals surface area contributed by atoms with Crippen molar-refractivity contribution >= 4 is 29.5 Å². The van der Waals surface area contributed by atoms with Gasteiger partial charge in [-0.05, 0) is 43.4 Å². The van der Waals surface area contributed by atoms with E-state index >= 15 is 0 Å². The van der Waals surface area contributed by atoms with Crippen LogP contribution in [0.2, 0.25) is 0 Å². The smallest absolute Gasteiger partial charge is 0.243 e. The Hall–Kier alpha value is -3.67. The predicted molar refractivity (Wildman–Crippen MR) is 124 cm³/mol. The molecule has 0 radical (unpaired) electrons. The number of rotatable bonds is 13. The van der Waals surface area contributed by atoms with Crippen LogP contribution in [0.15, 0.2) is 24.3 Å². The molecule has 1 aromatic carbocycles. The molecule has 0 saturated carbocycles. The van der Waals surface area contributed by atoms with Crippen molar-refractivity contribution < 1.29 is 29.1 Å². The van der Waals surface area contributed by atoms with Crippen LogP contribution in [0.1, 0.15) is 32.8 Å². The third-order valence-corrected chi connectivity index (χ3v) is 4.70. The lowest BCUT2D eigenvalue weighted by atomic mass is 10.0. The summed E-state index contributed by atoms with van der Waals surface area (Å²) in [6.07, 6.45) is 0.521. The first-order valence-corrected chi connectivity index (χ1v) is 10.9. The Balaban J connectivity index is 2.51. The Labute approximate surface area is 198 Å². The molecule has 12 heteroatoms. The Morgan fingerprint density at radius 2 is 1.47 bits per heavy atom. The van der Waals surface area contributed by atoms with Gasteiger partial charge in [0.05, 0.1) is 19.1 Å². The number of amides is 5. The number of nitrogens with one attached hydrogen (secondary N) is 4. The molecule has 0 aromatic heterocycles. The van der Waals surface area contributed by atoms with Crippen LogP contribution in [-0.2, 0) is 30.4 Å². The topological polar surface area (TPSA) is 206 Å². The highest BCUT2D eigenvalue weighted by molar-refractivity contribution is 5.93. The van der Waals surface area contributed by atoms with Gasteiger partial charge in [-0.2, -0.15) is 0 Å². The van der Waals surface area contributed by atoms with Gasteiger partial charge >= 0.3 is 0 Å². The highest BCUT2D eigenvalue weighted by Crippen LogP contribution is 2.11. The summed E-state index contributed by atoms with van der Waals surface area (Å²) in [6.45, 7) is 4.39. The monoisotopic (exact) mass is 478 g/mol. The second kappa shape index (κ2) is 13.8. The molecule has 9 N–H and O–H groups in total. The summed E-state index contributed by atoms with van der Waals surface area (Å²) >= 11 is 0. The number of phenols is 1. The molecular formula is C22H34N6O6. The number of benzene rings is 1. The van der Waals surface area contributed by atoms with Crippen LogP contribution < -0.4 is 32.7 Å². The maximum Gasteiger partial charge on any atom is 0.243 e. The molecule has 0 unspecified atom stereocenters. The van der Waals surface area contributed by atoms with Crippen molar-refractivity contribution in [3.05, 3.63) is 29.8 Å². The molecule has 0 saturated heterocycles. The fraction of sp³-hybridized carbons (Fsp3) is 0.500. The van der Waals surface area contributed by atoms with Crippen molar-refractivity contribution in [3.8, 4) is 5.75 Å². The van der Waals surface area contributed by atoms with E-state index in [-0.39, 0.29) is 24.6 Å². The van der Waals surface area contributed by atoms with Crippen molar-refractivity contribution in [2.75, 3.05) is 13.1 Å². The lowest BCUT2D eigenvalue weighted by Gasteiger charge is -2.21. The second-order valence-electron chi connectivity index (χ2n) is 8.36. The van der Waals surface area contributed by atoms with E-state index in [4.69, 9.17) is 11.5 Å². The van der Waals surface area contributed by atoms with Crippen molar-refractivity contribution in [1.29, 1.82) is 0 Å². The van der Waals surface area contributed by atoms with E-state index in [1.165, 1.54) is 19.1 Å². The van der Waals surface area contributed by atoms with Gasteiger partial charge in [-0.15, -0.1) is 0 Å². The van der Waals surface area contributed by atoms with Crippen LogP contribution in [0.3, 0.4) is 0 Å². The van der Waals surface area contributed by atoms with Crippen LogP contribution in [0, 0.1) is 5.92 Å². The van der Waals surface area contributed by atoms with Crippen molar-refractivity contribution in [3.63, 3.8) is 0 Å². The largest absolute Gasteiger partial charge is 0.508 e. The molecule has 188 valence electrons. The number of aromatic hydroxyl groups is 1. The molecule has 12 nitrogen and oxygen atoms in total. The third-order valence-electron chi connectivity index (χ3n) is 4.70. The minimum atomic E-state index is -0.962. The zero-order valence-electron chi connectivity index (χ0n) is 19.6. The van der Waals surface area contributed by atoms with E-state index in [0.717, 1.165) is 5.56 Å². The van der Waals surface area contributed by atoms with Crippen LogP contribution >= 0.6 is 0 Å². The first kappa shape index (κ1) is 28.4. The maximum atomic E-state index is 12.3. The highest BCUT2D eigenvalue weighted by atomic mass is 16.3. The lowest BCUT2D eigenvalue weighted by molar-refractivity contribution is -0.132. The summed E-state index contributed by atoms with van der Waals surface area (Å²) in [6, 6.07) is 3.45. The molecule has 0 heterocycles. The fourth-order valence-electron chi connectivity index (χ4n) is 2.93. The van der Waals surface area contributed by atoms with Crippen molar-refractivity contribution in [1.82, 2.24) is 21.3 Å². The Kier molecular flexibility index (Phi) is 11.5. The first-order chi connectivity index (χ1) is 15.9. The summed E-state index contributed by atoms with van der Waals surface area (Å²) in [5.74, 6) is -2.89. The Bertz CT molecular complexity index is 873. The summed E-state index contributed by atoms with van der Waals surface area (Å²) in [4.78, 5) is 59.9. The van der Waals surface area contributed by atoms with E-state index in [0.29, 0.717) is 6.42 Å². The van der Waals surface area contributed by atoms with Gasteiger partial charge < -0.3 is 37.8 Å². The summed E-state index contributed by atoms with van der Waals surface area (Å²) < 4.78 is 0. The molecule has 1 rings (SSSR count). The van der Waals surface area contributed by atoms with Crippen LogP contribution in [0.4, 0.5) is 0 Å². The maximum absolute atomic E-state index is 12.3. The minimum absolute atomic E-state index is 0.0697. The zero-order chi connectivity index (χ0) is 25.8. The highest BCUT2D eigenvalue weighted by Gasteiger charge is 2.24. The normalized spacial score (nSPS) is 13.3. The summed E-state index contributed by atoms with van der Waals surface area (Å²) in [5.41, 5.74) is 11.6. The van der Waals surface area contributed by atoms with Gasteiger partial charge in [0.25, 0.3) is 0 Å². The fourth-order valence-corrected chi connectivity index (χ4v) is 2.93. The molecule has 0 bridgehead atoms. The van der Waals surface area contributed by atoms with E-state index in [9.17, 15) is 29.1 Å². The molecular weight excluding hydrogens is 444 g/mol. The first-order valence-electron chi connectivity index (χ1n) is 10.9. The van der Waals surface area contributed by atoms with Gasteiger partial charge in [-0.1, -0.05) is 26.0 Å². The van der Waals surface area contributed by atoms with Crippen LogP contribution in [0.25, 0.3) is 0 Å². The standard InChI is InChI=1S/C22H34N6O6/c1-12(2)8-17(22(34)25-10-18(24)30)28-19(31)11-26-20(32)13(3)27-21(33)16(23)9-14-4-6-15(29)7-5-14/h4-7,12-13,16-17,29H,8-11,23H2,1-3H3,(H2,24,30)(H,25,34)(H,26,32)(H,27,33)(H,28,31)/t13-,16-,17-/m1/s1. The summed E-state index contributed by atoms with van der Waals surface area (Å²) in [7, 11) is 0. The van der Waals surface area contributed by atoms with Crippen LogP contribution in [-0.4, -0.2) is 65.9 Å². The van der Waals surface area contributed by atoms with Crippen molar-refractivity contribution in [2.24, 2.45) is 17.4 Å². The van der Waals surface area contributed by atoms with Gasteiger partial charge in [0, 0.05) is 0 Å². The number of phenolic OH excluding ortho intramolecular Hbond substituents is 1. The Morgan fingerprint density at radius 3 is 2.03 bits per heavy atom. The quantitative estimate of drug-likeness (QED) is 0.170. The number of primary amides is 1. The van der Waals surface area contributed by atoms with E-state index in [1.807, 2.05) is 13.8 Å². The van der Waals surface area contributed by atoms with Gasteiger partial charge in [0.15, 0.2) is 0 Å². The van der Waals surface area contributed by atoms with Gasteiger partial charge in [-0.3, -0.25) is 24.0 Å². The molecule has 1 aromatic rings. The molecule has 0 aliphatic carbocycles. The number of carbonyl (C=O) groups is 5. The van der Waals surface area contributed by atoms with Gasteiger partial charge in [0.2, 0.25) is 29.5 Å². The van der Waals surface area contributed by atoms with E-state index in [1.54, 1.807) is 12.1 Å². The zero-order valence-corrected chi connectivity index (χ0v) is 19.6. The predicted octanol–water partition coefficient (Wildman–Crippen LogP) is -1.98. The molecule has 3 atom stereocenters. The molecule has 0 aliphatic heterocycles. The van der Waals surface area contributed by atoms with Crippen molar-refractivity contribution in [2.45, 2.75) is 51.7 Å². The second-order valence-corrected chi connectivity index (χ2v) is 8.36. The molecule has 5 amide bonds. The number of hydrogen-bond acceptors (Lipinski definition) is 7.